The van der Waals surface area contributed by atoms with Crippen LogP contribution < -0.4 is 0 Å². The fraction of sp³-hybridized carbons (Fsp3) is 0.545. The van der Waals surface area contributed by atoms with Crippen LogP contribution in [-0.4, -0.2) is 40.0 Å². The third-order valence-electron chi connectivity index (χ3n) is 2.87. The van der Waals surface area contributed by atoms with Crippen LogP contribution in [0.1, 0.15) is 24.7 Å². The van der Waals surface area contributed by atoms with Crippen molar-refractivity contribution in [2.75, 3.05) is 14.1 Å². The molecule has 1 atom stereocenters. The molecule has 1 N–H and O–H groups in total. The number of rotatable bonds is 4. The molecule has 88 valence electrons. The molecule has 1 rings (SSSR count). The Morgan fingerprint density at radius 2 is 2.00 bits per heavy atom. The van der Waals surface area contributed by atoms with E-state index in [1.54, 1.807) is 12.4 Å². The van der Waals surface area contributed by atoms with E-state index >= 15 is 0 Å². The van der Waals surface area contributed by atoms with Gasteiger partial charge in [-0.2, -0.15) is 0 Å². The van der Waals surface area contributed by atoms with Gasteiger partial charge in [0.05, 0.1) is 23.3 Å². The third kappa shape index (κ3) is 2.36. The Morgan fingerprint density at radius 1 is 1.44 bits per heavy atom. The molecule has 0 aliphatic heterocycles. The molecule has 0 saturated carbocycles. The summed E-state index contributed by atoms with van der Waals surface area (Å²) in [6.45, 7) is 3.70. The highest BCUT2D eigenvalue weighted by Crippen LogP contribution is 2.29. The van der Waals surface area contributed by atoms with Gasteiger partial charge < -0.3 is 5.11 Å². The van der Waals surface area contributed by atoms with Crippen molar-refractivity contribution in [3.05, 3.63) is 23.8 Å². The van der Waals surface area contributed by atoms with Crippen LogP contribution in [0.25, 0.3) is 0 Å². The molecule has 5 heteroatoms. The molecule has 1 unspecified atom stereocenters. The first-order chi connectivity index (χ1) is 7.38. The normalized spacial score (nSPS) is 14.8. The molecule has 0 radical (unpaired) electrons. The van der Waals surface area contributed by atoms with Crippen LogP contribution in [0.15, 0.2) is 12.4 Å². The standard InChI is InChI=1S/C11H17N3O2/c1-8-10(13-6-5-12-8)11(2,14(3)4)7-9(15)16/h5-6H,7H2,1-4H3,(H,15,16). The number of hydrogen-bond acceptors (Lipinski definition) is 4. The molecule has 1 aromatic heterocycles. The molecule has 5 nitrogen and oxygen atoms in total. The third-order valence-corrected chi connectivity index (χ3v) is 2.87. The minimum Gasteiger partial charge on any atom is -0.481 e. The number of carbonyl (C=O) groups is 1. The van der Waals surface area contributed by atoms with Gasteiger partial charge >= 0.3 is 5.97 Å². The maximum absolute atomic E-state index is 10.9. The van der Waals surface area contributed by atoms with Gasteiger partial charge in [-0.3, -0.25) is 19.7 Å². The highest BCUT2D eigenvalue weighted by Gasteiger charge is 2.35. The van der Waals surface area contributed by atoms with Crippen molar-refractivity contribution in [2.24, 2.45) is 0 Å². The second kappa shape index (κ2) is 4.57. The van der Waals surface area contributed by atoms with E-state index in [4.69, 9.17) is 5.11 Å². The smallest absolute Gasteiger partial charge is 0.305 e. The number of hydrogen-bond donors (Lipinski definition) is 1. The molecular weight excluding hydrogens is 206 g/mol. The molecule has 0 amide bonds. The summed E-state index contributed by atoms with van der Waals surface area (Å²) in [5.74, 6) is -0.846. The van der Waals surface area contributed by atoms with Gasteiger partial charge in [-0.15, -0.1) is 0 Å². The van der Waals surface area contributed by atoms with E-state index in [0.29, 0.717) is 5.69 Å². The summed E-state index contributed by atoms with van der Waals surface area (Å²) in [7, 11) is 3.69. The molecule has 0 fully saturated rings. The van der Waals surface area contributed by atoms with Crippen LogP contribution in [0.3, 0.4) is 0 Å². The van der Waals surface area contributed by atoms with E-state index in [0.717, 1.165) is 5.69 Å². The van der Waals surface area contributed by atoms with Gasteiger partial charge in [-0.25, -0.2) is 0 Å². The van der Waals surface area contributed by atoms with Crippen molar-refractivity contribution in [1.29, 1.82) is 0 Å². The zero-order valence-electron chi connectivity index (χ0n) is 10.1. The monoisotopic (exact) mass is 223 g/mol. The topological polar surface area (TPSA) is 66.3 Å². The van der Waals surface area contributed by atoms with Crippen LogP contribution in [0, 0.1) is 6.92 Å². The number of carboxylic acid groups (broad SMARTS) is 1. The number of aryl methyl sites for hydroxylation is 1. The van der Waals surface area contributed by atoms with E-state index in [1.165, 1.54) is 0 Å². The number of nitrogens with zero attached hydrogens (tertiary/aromatic N) is 3. The fourth-order valence-corrected chi connectivity index (χ4v) is 1.68. The molecule has 0 aromatic carbocycles. The van der Waals surface area contributed by atoms with Crippen molar-refractivity contribution in [3.8, 4) is 0 Å². The Kier molecular flexibility index (Phi) is 3.59. The van der Waals surface area contributed by atoms with E-state index in [1.807, 2.05) is 32.8 Å². The maximum Gasteiger partial charge on any atom is 0.305 e. The Morgan fingerprint density at radius 3 is 2.44 bits per heavy atom. The zero-order chi connectivity index (χ0) is 12.3. The lowest BCUT2D eigenvalue weighted by molar-refractivity contribution is -0.140. The van der Waals surface area contributed by atoms with Crippen molar-refractivity contribution >= 4 is 5.97 Å². The van der Waals surface area contributed by atoms with Gasteiger partial charge in [0.15, 0.2) is 0 Å². The van der Waals surface area contributed by atoms with Gasteiger partial charge in [-0.05, 0) is 27.9 Å². The molecule has 0 spiro atoms. The minimum atomic E-state index is -0.846. The molecule has 0 aliphatic rings. The predicted molar refractivity (Wildman–Crippen MR) is 60.1 cm³/mol. The van der Waals surface area contributed by atoms with Crippen LogP contribution in [0.4, 0.5) is 0 Å². The van der Waals surface area contributed by atoms with Crippen LogP contribution in [0.2, 0.25) is 0 Å². The first kappa shape index (κ1) is 12.6. The van der Waals surface area contributed by atoms with E-state index in [2.05, 4.69) is 9.97 Å². The fourth-order valence-electron chi connectivity index (χ4n) is 1.68. The highest BCUT2D eigenvalue weighted by atomic mass is 16.4. The van der Waals surface area contributed by atoms with Gasteiger partial charge in [0.2, 0.25) is 0 Å². The number of aromatic nitrogens is 2. The Bertz CT molecular complexity index is 393. The summed E-state index contributed by atoms with van der Waals surface area (Å²) in [4.78, 5) is 21.2. The Hall–Kier alpha value is -1.49. The predicted octanol–water partition coefficient (Wildman–Crippen LogP) is 1.04. The first-order valence-corrected chi connectivity index (χ1v) is 5.05. The van der Waals surface area contributed by atoms with Crippen LogP contribution in [-0.2, 0) is 10.3 Å². The summed E-state index contributed by atoms with van der Waals surface area (Å²) >= 11 is 0. The van der Waals surface area contributed by atoms with Crippen molar-refractivity contribution in [1.82, 2.24) is 14.9 Å². The van der Waals surface area contributed by atoms with Crippen LogP contribution in [0.5, 0.6) is 0 Å². The second-order valence-corrected chi connectivity index (χ2v) is 4.23. The van der Waals surface area contributed by atoms with Gasteiger partial charge in [0, 0.05) is 12.4 Å². The number of aliphatic carboxylic acids is 1. The molecule has 16 heavy (non-hydrogen) atoms. The highest BCUT2D eigenvalue weighted by molar-refractivity contribution is 5.68. The summed E-state index contributed by atoms with van der Waals surface area (Å²) < 4.78 is 0. The quantitative estimate of drug-likeness (QED) is 0.826. The Balaban J connectivity index is 3.21. The average molecular weight is 223 g/mol. The lowest BCUT2D eigenvalue weighted by Gasteiger charge is -2.35. The molecule has 0 aliphatic carbocycles. The molecule has 1 aromatic rings. The van der Waals surface area contributed by atoms with Crippen molar-refractivity contribution < 1.29 is 9.90 Å². The summed E-state index contributed by atoms with van der Waals surface area (Å²) in [6, 6.07) is 0. The summed E-state index contributed by atoms with van der Waals surface area (Å²) in [5, 5.41) is 8.98. The molecular formula is C11H17N3O2. The van der Waals surface area contributed by atoms with E-state index < -0.39 is 11.5 Å². The maximum atomic E-state index is 10.9. The minimum absolute atomic E-state index is 0.000463. The average Bonchev–Trinajstić information content (AvgIpc) is 2.16. The van der Waals surface area contributed by atoms with Crippen LogP contribution >= 0.6 is 0 Å². The lowest BCUT2D eigenvalue weighted by atomic mass is 9.90. The SMILES string of the molecule is Cc1nccnc1C(C)(CC(=O)O)N(C)C. The largest absolute Gasteiger partial charge is 0.481 e. The van der Waals surface area contributed by atoms with Crippen molar-refractivity contribution in [3.63, 3.8) is 0 Å². The molecule has 1 heterocycles. The summed E-state index contributed by atoms with van der Waals surface area (Å²) in [5.41, 5.74) is 0.840. The number of carboxylic acids is 1. The Labute approximate surface area is 95.1 Å². The van der Waals surface area contributed by atoms with E-state index in [9.17, 15) is 4.79 Å². The van der Waals surface area contributed by atoms with Gasteiger partial charge in [-0.1, -0.05) is 0 Å². The zero-order valence-corrected chi connectivity index (χ0v) is 10.1. The molecule has 0 bridgehead atoms. The first-order valence-electron chi connectivity index (χ1n) is 5.05. The lowest BCUT2D eigenvalue weighted by Crippen LogP contribution is -2.42. The van der Waals surface area contributed by atoms with Gasteiger partial charge in [0.25, 0.3) is 0 Å². The van der Waals surface area contributed by atoms with Gasteiger partial charge in [0.1, 0.15) is 0 Å². The van der Waals surface area contributed by atoms with Crippen molar-refractivity contribution in [2.45, 2.75) is 25.8 Å². The van der Waals surface area contributed by atoms with E-state index in [-0.39, 0.29) is 6.42 Å². The summed E-state index contributed by atoms with van der Waals surface area (Å²) in [6.07, 6.45) is 3.20. The second-order valence-electron chi connectivity index (χ2n) is 4.23. The molecule has 0 saturated heterocycles.